The first-order chi connectivity index (χ1) is 17.7. The molecule has 4 aromatic rings. The summed E-state index contributed by atoms with van der Waals surface area (Å²) in [6.07, 6.45) is 2.02. The Hall–Kier alpha value is -2.80. The van der Waals surface area contributed by atoms with Gasteiger partial charge in [0, 0.05) is 35.0 Å². The molecule has 0 N–H and O–H groups in total. The highest BCUT2D eigenvalue weighted by Gasteiger charge is 2.21. The second-order valence-electron chi connectivity index (χ2n) is 8.25. The van der Waals surface area contributed by atoms with Crippen molar-refractivity contribution in [2.45, 2.75) is 18.6 Å². The Morgan fingerprint density at radius 3 is 1.06 bits per heavy atom. The number of hydrogen-bond donors (Lipinski definition) is 0. The molecule has 0 aliphatic carbocycles. The van der Waals surface area contributed by atoms with E-state index >= 15 is 0 Å². The highest BCUT2D eigenvalue weighted by atomic mass is 16.6. The van der Waals surface area contributed by atoms with Crippen LogP contribution >= 0.6 is 0 Å². The molecule has 2 fully saturated rings. The van der Waals surface area contributed by atoms with Crippen LogP contribution < -0.4 is 0 Å². The maximum absolute atomic E-state index is 4.93. The Kier molecular flexibility index (Phi) is 15.1. The lowest BCUT2D eigenvalue weighted by Crippen LogP contribution is -1.94. The zero-order valence-corrected chi connectivity index (χ0v) is 22.0. The lowest BCUT2D eigenvalue weighted by molar-refractivity contribution is 0.171. The number of methoxy groups -OCH3 is 3. The van der Waals surface area contributed by atoms with Crippen molar-refractivity contribution >= 4 is 21.5 Å². The number of rotatable bonds is 5. The molecular formula is C31H40O5. The van der Waals surface area contributed by atoms with Gasteiger partial charge in [-0.25, -0.2) is 0 Å². The summed E-state index contributed by atoms with van der Waals surface area (Å²) in [7, 11) is 6.64. The quantitative estimate of drug-likeness (QED) is 0.302. The minimum absolute atomic E-state index is 0.426. The zero-order valence-electron chi connectivity index (χ0n) is 22.0. The lowest BCUT2D eigenvalue weighted by Gasteiger charge is -1.92. The van der Waals surface area contributed by atoms with Gasteiger partial charge in [0.25, 0.3) is 0 Å². The van der Waals surface area contributed by atoms with Gasteiger partial charge in [-0.05, 0) is 28.0 Å². The minimum atomic E-state index is 0.426. The van der Waals surface area contributed by atoms with E-state index in [1.807, 2.05) is 0 Å². The Bertz CT molecular complexity index is 874. The number of fused-ring (bicyclic) bond motifs is 2. The van der Waals surface area contributed by atoms with E-state index in [2.05, 4.69) is 102 Å². The molecule has 0 radical (unpaired) electrons. The van der Waals surface area contributed by atoms with Crippen molar-refractivity contribution in [3.8, 4) is 0 Å². The van der Waals surface area contributed by atoms with Gasteiger partial charge in [-0.15, -0.1) is 0 Å². The van der Waals surface area contributed by atoms with Crippen molar-refractivity contribution in [2.24, 2.45) is 0 Å². The molecule has 36 heavy (non-hydrogen) atoms. The molecule has 0 amide bonds. The largest absolute Gasteiger partial charge is 0.388 e. The van der Waals surface area contributed by atoms with Crippen molar-refractivity contribution in [3.05, 3.63) is 97.1 Å². The molecule has 0 saturated carbocycles. The van der Waals surface area contributed by atoms with Gasteiger partial charge in [0.1, 0.15) is 6.10 Å². The van der Waals surface area contributed by atoms with Crippen molar-refractivity contribution in [1.29, 1.82) is 0 Å². The van der Waals surface area contributed by atoms with E-state index in [0.29, 0.717) is 12.2 Å². The highest BCUT2D eigenvalue weighted by molar-refractivity contribution is 5.82. The first kappa shape index (κ1) is 29.4. The van der Waals surface area contributed by atoms with Gasteiger partial charge < -0.3 is 23.7 Å². The second-order valence-corrected chi connectivity index (χ2v) is 8.25. The molecule has 4 aromatic carbocycles. The second kappa shape index (κ2) is 18.5. The standard InChI is InChI=1S/2C10H8.C5H10O2.C4H8O2.C2H6O/c2*1-2-6-10-8-4-3-7-9(10)5-1;1-6-3-2-5-4-7-5;1-5-2-4-3-6-4;1-3-2/h2*1-8H;5H,2-4H2,1H3;4H,2-3H2,1H3;1-2H3. The van der Waals surface area contributed by atoms with Gasteiger partial charge in [-0.2, -0.15) is 0 Å². The number of benzene rings is 4. The Morgan fingerprint density at radius 2 is 0.861 bits per heavy atom. The van der Waals surface area contributed by atoms with Gasteiger partial charge in [0.15, 0.2) is 0 Å². The van der Waals surface area contributed by atoms with E-state index in [9.17, 15) is 0 Å². The molecule has 194 valence electrons. The van der Waals surface area contributed by atoms with Crippen LogP contribution in [0, 0.1) is 0 Å². The maximum atomic E-state index is 4.93. The zero-order chi connectivity index (χ0) is 25.8. The molecule has 5 heteroatoms. The van der Waals surface area contributed by atoms with Crippen LogP contribution in [0.4, 0.5) is 0 Å². The van der Waals surface area contributed by atoms with Gasteiger partial charge in [-0.3, -0.25) is 0 Å². The van der Waals surface area contributed by atoms with Crippen LogP contribution in [0.1, 0.15) is 6.42 Å². The van der Waals surface area contributed by atoms with Crippen LogP contribution in [0.25, 0.3) is 21.5 Å². The summed E-state index contributed by atoms with van der Waals surface area (Å²) in [5.41, 5.74) is 0. The van der Waals surface area contributed by atoms with E-state index in [0.717, 1.165) is 32.8 Å². The number of ether oxygens (including phenoxy) is 5. The van der Waals surface area contributed by atoms with Crippen molar-refractivity contribution in [1.82, 2.24) is 0 Å². The molecule has 2 aliphatic rings. The SMILES string of the molecule is COC.COCC1CO1.COCCC1CO1.c1ccc2ccccc2c1.c1ccc2ccccc2c1. The molecule has 2 aliphatic heterocycles. The molecule has 2 unspecified atom stereocenters. The van der Waals surface area contributed by atoms with E-state index in [1.54, 1.807) is 28.4 Å². The molecule has 0 bridgehead atoms. The van der Waals surface area contributed by atoms with Crippen molar-refractivity contribution < 1.29 is 23.7 Å². The molecule has 2 heterocycles. The van der Waals surface area contributed by atoms with Crippen LogP contribution in [0.5, 0.6) is 0 Å². The Morgan fingerprint density at radius 1 is 0.556 bits per heavy atom. The van der Waals surface area contributed by atoms with Crippen LogP contribution in [-0.2, 0) is 23.7 Å². The van der Waals surface area contributed by atoms with Crippen LogP contribution in [0.2, 0.25) is 0 Å². The molecular weight excluding hydrogens is 452 g/mol. The van der Waals surface area contributed by atoms with E-state index < -0.39 is 0 Å². The molecule has 5 nitrogen and oxygen atoms in total. The summed E-state index contributed by atoms with van der Waals surface area (Å²) in [5, 5.41) is 5.24. The number of hydrogen-bond acceptors (Lipinski definition) is 5. The van der Waals surface area contributed by atoms with E-state index in [-0.39, 0.29) is 0 Å². The highest BCUT2D eigenvalue weighted by Crippen LogP contribution is 2.13. The smallest absolute Gasteiger partial charge is 0.104 e. The van der Waals surface area contributed by atoms with E-state index in [4.69, 9.17) is 18.9 Å². The predicted octanol–water partition coefficient (Wildman–Crippen LogP) is 6.40. The predicted molar refractivity (Wildman–Crippen MR) is 149 cm³/mol. The first-order valence-electron chi connectivity index (χ1n) is 12.2. The monoisotopic (exact) mass is 492 g/mol. The van der Waals surface area contributed by atoms with Gasteiger partial charge in [0.2, 0.25) is 0 Å². The summed E-state index contributed by atoms with van der Waals surface area (Å²) in [6, 6.07) is 33.4. The van der Waals surface area contributed by atoms with Gasteiger partial charge in [-0.1, -0.05) is 97.1 Å². The first-order valence-corrected chi connectivity index (χ1v) is 12.2. The van der Waals surface area contributed by atoms with Gasteiger partial charge in [0.05, 0.1) is 25.9 Å². The molecule has 2 atom stereocenters. The summed E-state index contributed by atoms with van der Waals surface area (Å²) in [6.45, 7) is 3.45. The third-order valence-corrected chi connectivity index (χ3v) is 5.12. The summed E-state index contributed by atoms with van der Waals surface area (Å²) in [4.78, 5) is 0. The molecule has 0 spiro atoms. The average molecular weight is 493 g/mol. The normalized spacial score (nSPS) is 16.6. The third-order valence-electron chi connectivity index (χ3n) is 5.12. The molecule has 0 aromatic heterocycles. The van der Waals surface area contributed by atoms with Crippen molar-refractivity contribution in [3.63, 3.8) is 0 Å². The van der Waals surface area contributed by atoms with Crippen LogP contribution in [-0.4, -0.2) is 67.1 Å². The van der Waals surface area contributed by atoms with Gasteiger partial charge >= 0.3 is 0 Å². The van der Waals surface area contributed by atoms with E-state index in [1.165, 1.54) is 21.5 Å². The fraction of sp³-hybridized carbons (Fsp3) is 0.355. The lowest BCUT2D eigenvalue weighted by atomic mass is 10.1. The summed E-state index contributed by atoms with van der Waals surface area (Å²) in [5.74, 6) is 0. The topological polar surface area (TPSA) is 52.8 Å². The number of epoxide rings is 2. The Balaban J connectivity index is 0.000000166. The summed E-state index contributed by atoms with van der Waals surface area (Å²) < 4.78 is 23.6. The van der Waals surface area contributed by atoms with Crippen molar-refractivity contribution in [2.75, 3.05) is 54.9 Å². The molecule has 6 rings (SSSR count). The maximum Gasteiger partial charge on any atom is 0.104 e. The molecule has 2 saturated heterocycles. The van der Waals surface area contributed by atoms with Crippen LogP contribution in [0.15, 0.2) is 97.1 Å². The van der Waals surface area contributed by atoms with Crippen LogP contribution in [0.3, 0.4) is 0 Å². The fourth-order valence-electron chi connectivity index (χ4n) is 3.10. The minimum Gasteiger partial charge on any atom is -0.388 e. The fourth-order valence-corrected chi connectivity index (χ4v) is 3.10. The average Bonchev–Trinajstić information content (AvgIpc) is 3.86. The third kappa shape index (κ3) is 13.3. The Labute approximate surface area is 215 Å². The summed E-state index contributed by atoms with van der Waals surface area (Å²) >= 11 is 0.